The first-order valence-corrected chi connectivity index (χ1v) is 23.9. The van der Waals surface area contributed by atoms with Gasteiger partial charge in [0.05, 0.1) is 31.5 Å². The van der Waals surface area contributed by atoms with Crippen molar-refractivity contribution < 1.29 is 43.4 Å². The summed E-state index contributed by atoms with van der Waals surface area (Å²) < 4.78 is 5.37. The van der Waals surface area contributed by atoms with Gasteiger partial charge in [0.15, 0.2) is 0 Å². The minimum atomic E-state index is -1.14. The number of carbonyl (C=O) groups excluding carboxylic acids is 6. The molecule has 2 bridgehead atoms. The average molecular weight is 956 g/mol. The van der Waals surface area contributed by atoms with Crippen molar-refractivity contribution in [3.05, 3.63) is 143 Å². The smallest absolute Gasteiger partial charge is 0.304 e. The Bertz CT molecular complexity index is 2500. The number of carboxylic acid groups (broad SMARTS) is 1. The highest BCUT2D eigenvalue weighted by atomic mass is 16.5. The third-order valence-electron chi connectivity index (χ3n) is 12.9. The van der Waals surface area contributed by atoms with Crippen molar-refractivity contribution in [2.24, 2.45) is 11.1 Å². The molecule has 370 valence electrons. The molecule has 70 heavy (non-hydrogen) atoms. The van der Waals surface area contributed by atoms with Crippen molar-refractivity contribution in [1.82, 2.24) is 31.5 Å². The van der Waals surface area contributed by atoms with Crippen molar-refractivity contribution >= 4 is 41.4 Å². The van der Waals surface area contributed by atoms with Gasteiger partial charge in [-0.15, -0.1) is 0 Å². The molecular formula is C54H65N7O9. The van der Waals surface area contributed by atoms with E-state index in [1.165, 1.54) is 0 Å². The second-order valence-electron chi connectivity index (χ2n) is 18.7. The van der Waals surface area contributed by atoms with E-state index in [2.05, 4.69) is 26.6 Å². The van der Waals surface area contributed by atoms with Crippen LogP contribution >= 0.6 is 0 Å². The van der Waals surface area contributed by atoms with Crippen LogP contribution in [0.2, 0.25) is 0 Å². The Morgan fingerprint density at radius 2 is 1.51 bits per heavy atom. The molecule has 0 saturated carbocycles. The molecule has 6 amide bonds. The predicted molar refractivity (Wildman–Crippen MR) is 265 cm³/mol. The molecule has 0 radical (unpaired) electrons. The first kappa shape index (κ1) is 52.2. The number of ether oxygens (including phenoxy) is 1. The number of aliphatic carboxylic acids is 1. The summed E-state index contributed by atoms with van der Waals surface area (Å²) in [7, 11) is 0. The maximum Gasteiger partial charge on any atom is 0.304 e. The standard InChI is InChI=1S/C54H65N7O9/c1-53(2,34-49(65)66)43-19-17-40(18-20-43)39-15-13-37(14-16-39)31-45-51(68)58-35-42-12-7-6-11-41(42)32-47(63)59-44(50(67)57-27-30-70-29-25-55)23-26-56-46(62)21-22-48(64)61-28-8-24-54(36-61,52(69)60-45)33-38-9-4-3-5-10-38/h3-7,9-22,44-45H,8,23-36,55H2,1-2H3,(H,56,62)(H,57,67)(H,58,68)(H,59,63)(H,60,69)(H,65,66)/b22-21+/t44-,45-,54-/m0/s1. The van der Waals surface area contributed by atoms with Crippen molar-refractivity contribution in [3.8, 4) is 11.1 Å². The van der Waals surface area contributed by atoms with Gasteiger partial charge in [-0.1, -0.05) is 117 Å². The lowest BCUT2D eigenvalue weighted by molar-refractivity contribution is -0.142. The monoisotopic (exact) mass is 955 g/mol. The Labute approximate surface area is 409 Å². The number of nitrogens with one attached hydrogen (secondary N) is 5. The largest absolute Gasteiger partial charge is 0.481 e. The van der Waals surface area contributed by atoms with E-state index < -0.39 is 58.4 Å². The lowest BCUT2D eigenvalue weighted by Gasteiger charge is -2.42. The van der Waals surface area contributed by atoms with Crippen LogP contribution in [-0.4, -0.2) is 109 Å². The topological polar surface area (TPSA) is 238 Å². The van der Waals surface area contributed by atoms with E-state index in [0.29, 0.717) is 43.7 Å². The molecule has 3 atom stereocenters. The minimum absolute atomic E-state index is 0.00138. The summed E-state index contributed by atoms with van der Waals surface area (Å²) in [5.74, 6) is -3.70. The van der Waals surface area contributed by atoms with E-state index >= 15 is 0 Å². The molecule has 1 fully saturated rings. The van der Waals surface area contributed by atoms with Crippen LogP contribution < -0.4 is 32.3 Å². The number of nitrogens with zero attached hydrogens (tertiary/aromatic N) is 1. The zero-order chi connectivity index (χ0) is 50.1. The van der Waals surface area contributed by atoms with Gasteiger partial charge in [0.25, 0.3) is 0 Å². The Balaban J connectivity index is 1.30. The molecule has 16 heteroatoms. The summed E-state index contributed by atoms with van der Waals surface area (Å²) >= 11 is 0. The van der Waals surface area contributed by atoms with Crippen LogP contribution in [0.4, 0.5) is 0 Å². The summed E-state index contributed by atoms with van der Waals surface area (Å²) in [4.78, 5) is 96.3. The molecule has 8 N–H and O–H groups in total. The molecule has 6 rings (SSSR count). The van der Waals surface area contributed by atoms with Gasteiger partial charge in [0.1, 0.15) is 12.1 Å². The number of benzene rings is 4. The number of rotatable bonds is 14. The normalized spacial score (nSPS) is 20.3. The molecule has 0 aliphatic carbocycles. The molecule has 1 saturated heterocycles. The third-order valence-corrected chi connectivity index (χ3v) is 12.9. The van der Waals surface area contributed by atoms with Crippen LogP contribution in [0.25, 0.3) is 11.1 Å². The van der Waals surface area contributed by atoms with E-state index in [1.54, 1.807) is 29.2 Å². The highest BCUT2D eigenvalue weighted by molar-refractivity contribution is 5.97. The maximum absolute atomic E-state index is 15.0. The van der Waals surface area contributed by atoms with E-state index in [4.69, 9.17) is 10.5 Å². The summed E-state index contributed by atoms with van der Waals surface area (Å²) in [5.41, 5.74) is 9.45. The van der Waals surface area contributed by atoms with Crippen LogP contribution in [0, 0.1) is 5.41 Å². The first-order valence-electron chi connectivity index (χ1n) is 23.9. The lowest BCUT2D eigenvalue weighted by atomic mass is 9.74. The van der Waals surface area contributed by atoms with Crippen molar-refractivity contribution in [1.29, 1.82) is 0 Å². The van der Waals surface area contributed by atoms with Gasteiger partial charge in [-0.3, -0.25) is 33.6 Å². The molecule has 2 aliphatic heterocycles. The fraction of sp³-hybridized carbons (Fsp3) is 0.389. The number of nitrogens with two attached hydrogens (primary N) is 1. The highest BCUT2D eigenvalue weighted by Gasteiger charge is 2.44. The summed E-state index contributed by atoms with van der Waals surface area (Å²) in [5, 5.41) is 23.8. The fourth-order valence-corrected chi connectivity index (χ4v) is 9.00. The predicted octanol–water partition coefficient (Wildman–Crippen LogP) is 3.50. The van der Waals surface area contributed by atoms with Gasteiger partial charge in [0.2, 0.25) is 35.4 Å². The van der Waals surface area contributed by atoms with Gasteiger partial charge >= 0.3 is 5.97 Å². The molecule has 4 aromatic rings. The quantitative estimate of drug-likeness (QED) is 0.0909. The summed E-state index contributed by atoms with van der Waals surface area (Å²) in [6, 6.07) is 30.0. The van der Waals surface area contributed by atoms with Crippen LogP contribution in [0.1, 0.15) is 67.3 Å². The Hall–Kier alpha value is -7.17. The van der Waals surface area contributed by atoms with Crippen molar-refractivity contribution in [2.75, 3.05) is 45.9 Å². The van der Waals surface area contributed by atoms with Crippen molar-refractivity contribution in [3.63, 3.8) is 0 Å². The number of carboxylic acids is 1. The molecule has 2 heterocycles. The zero-order valence-corrected chi connectivity index (χ0v) is 40.0. The summed E-state index contributed by atoms with van der Waals surface area (Å²) in [6.45, 7) is 5.24. The lowest BCUT2D eigenvalue weighted by Crippen LogP contribution is -2.58. The van der Waals surface area contributed by atoms with E-state index in [1.807, 2.05) is 92.7 Å². The molecule has 0 aromatic heterocycles. The van der Waals surface area contributed by atoms with Crippen LogP contribution in [0.15, 0.2) is 115 Å². The maximum atomic E-state index is 15.0. The van der Waals surface area contributed by atoms with Gasteiger partial charge in [0, 0.05) is 63.3 Å². The molecular weight excluding hydrogens is 891 g/mol. The average Bonchev–Trinajstić information content (AvgIpc) is 3.34. The fourth-order valence-electron chi connectivity index (χ4n) is 9.00. The molecule has 2 aliphatic rings. The van der Waals surface area contributed by atoms with Gasteiger partial charge in [-0.25, -0.2) is 0 Å². The summed E-state index contributed by atoms with van der Waals surface area (Å²) in [6.07, 6.45) is 3.52. The molecule has 16 nitrogen and oxygen atoms in total. The molecule has 4 aromatic carbocycles. The second-order valence-corrected chi connectivity index (χ2v) is 18.7. The highest BCUT2D eigenvalue weighted by Crippen LogP contribution is 2.35. The van der Waals surface area contributed by atoms with E-state index in [9.17, 15) is 38.7 Å². The number of hydrogen-bond donors (Lipinski definition) is 7. The number of piperidine rings is 1. The third kappa shape index (κ3) is 14.9. The van der Waals surface area contributed by atoms with Crippen molar-refractivity contribution in [2.45, 2.75) is 82.8 Å². The zero-order valence-electron chi connectivity index (χ0n) is 40.0. The molecule has 0 unspecified atom stereocenters. The van der Waals surface area contributed by atoms with E-state index in [-0.39, 0.29) is 70.8 Å². The first-order chi connectivity index (χ1) is 33.6. The van der Waals surface area contributed by atoms with Gasteiger partial charge in [-0.05, 0) is 64.6 Å². The van der Waals surface area contributed by atoms with Gasteiger partial charge in [-0.2, -0.15) is 0 Å². The minimum Gasteiger partial charge on any atom is -0.481 e. The Morgan fingerprint density at radius 3 is 2.21 bits per heavy atom. The number of hydrogen-bond acceptors (Lipinski definition) is 9. The Kier molecular flexibility index (Phi) is 18.6. The van der Waals surface area contributed by atoms with Gasteiger partial charge < -0.3 is 47.1 Å². The van der Waals surface area contributed by atoms with E-state index in [0.717, 1.165) is 40.0 Å². The van der Waals surface area contributed by atoms with Crippen LogP contribution in [0.3, 0.4) is 0 Å². The SMILES string of the molecule is CC(C)(CC(=O)O)c1ccc(-c2ccc(C[C@@H]3NC(=O)[C@]4(Cc5ccccc5)CCCN(C4)C(=O)/C=C/C(=O)NCC[C@@H](C(=O)NCCOCCN)NC(=O)Cc4ccccc4CNC3=O)cc2)cc1. The molecule has 0 spiro atoms. The van der Waals surface area contributed by atoms with Crippen LogP contribution in [0.5, 0.6) is 0 Å². The number of fused-ring (bicyclic) bond motifs is 3. The number of amides is 6. The number of carbonyl (C=O) groups is 7. The Morgan fingerprint density at radius 1 is 0.829 bits per heavy atom. The van der Waals surface area contributed by atoms with Crippen LogP contribution in [-0.2, 0) is 69.5 Å². The second kappa shape index (κ2) is 24.9.